The molecule has 0 amide bonds. The lowest BCUT2D eigenvalue weighted by atomic mass is 10.2. The van der Waals surface area contributed by atoms with Gasteiger partial charge in [0.05, 0.1) is 5.69 Å². The summed E-state index contributed by atoms with van der Waals surface area (Å²) in [7, 11) is -5.58. The fourth-order valence-corrected chi connectivity index (χ4v) is 2.51. The van der Waals surface area contributed by atoms with Crippen LogP contribution in [0.5, 0.6) is 0 Å². The van der Waals surface area contributed by atoms with Gasteiger partial charge >= 0.3 is 5.51 Å². The Morgan fingerprint density at radius 3 is 2.32 bits per heavy atom. The van der Waals surface area contributed by atoms with Crippen molar-refractivity contribution in [2.75, 3.05) is 5.32 Å². The predicted octanol–water partition coefficient (Wildman–Crippen LogP) is 3.08. The summed E-state index contributed by atoms with van der Waals surface area (Å²) in [6.07, 6.45) is 1.44. The van der Waals surface area contributed by atoms with E-state index < -0.39 is 31.6 Å². The number of hydrogen-bond acceptors (Lipinski definition) is 3. The molecular weight excluding hydrogens is 286 g/mol. The molecule has 0 spiro atoms. The van der Waals surface area contributed by atoms with Crippen molar-refractivity contribution in [3.05, 3.63) is 24.0 Å². The maximum atomic E-state index is 13.1. The van der Waals surface area contributed by atoms with Gasteiger partial charge in [-0.25, -0.2) is 12.8 Å². The summed E-state index contributed by atoms with van der Waals surface area (Å²) in [5.74, 6) is -1.03. The molecule has 0 unspecified atom stereocenters. The Bertz CT molecular complexity index is 606. The van der Waals surface area contributed by atoms with Gasteiger partial charge in [-0.15, -0.1) is 0 Å². The van der Waals surface area contributed by atoms with E-state index in [0.29, 0.717) is 6.07 Å². The third-order valence-electron chi connectivity index (χ3n) is 2.97. The van der Waals surface area contributed by atoms with Gasteiger partial charge in [-0.2, -0.15) is 13.2 Å². The lowest BCUT2D eigenvalue weighted by Crippen LogP contribution is -2.26. The van der Waals surface area contributed by atoms with Crippen LogP contribution in [0.2, 0.25) is 0 Å². The summed E-state index contributed by atoms with van der Waals surface area (Å²) in [4.78, 5) is -1.08. The lowest BCUT2D eigenvalue weighted by Gasteiger charge is -2.18. The zero-order valence-electron chi connectivity index (χ0n) is 9.88. The molecule has 0 radical (unpaired) electrons. The maximum absolute atomic E-state index is 13.1. The Kier molecular flexibility index (Phi) is 3.04. The number of halogens is 4. The van der Waals surface area contributed by atoms with Crippen molar-refractivity contribution >= 4 is 15.5 Å². The van der Waals surface area contributed by atoms with E-state index in [4.69, 9.17) is 0 Å². The van der Waals surface area contributed by atoms with E-state index in [-0.39, 0.29) is 5.69 Å². The molecule has 0 aliphatic heterocycles. The molecule has 1 aliphatic rings. The second-order valence-corrected chi connectivity index (χ2v) is 6.68. The molecule has 1 aliphatic carbocycles. The highest BCUT2D eigenvalue weighted by atomic mass is 32.2. The van der Waals surface area contributed by atoms with Gasteiger partial charge in [0.1, 0.15) is 10.7 Å². The Balaban J connectivity index is 2.52. The summed E-state index contributed by atoms with van der Waals surface area (Å²) in [5, 5.41) is 2.72. The molecule has 1 aromatic carbocycles. The summed E-state index contributed by atoms with van der Waals surface area (Å²) < 4.78 is 73.5. The Hall–Kier alpha value is -1.31. The number of nitrogens with one attached hydrogen (secondary N) is 1. The van der Waals surface area contributed by atoms with Gasteiger partial charge in [-0.05, 0) is 38.0 Å². The minimum absolute atomic E-state index is 0.223. The van der Waals surface area contributed by atoms with Gasteiger partial charge < -0.3 is 5.32 Å². The predicted molar refractivity (Wildman–Crippen MR) is 60.9 cm³/mol. The van der Waals surface area contributed by atoms with E-state index in [1.165, 1.54) is 0 Å². The van der Waals surface area contributed by atoms with Crippen molar-refractivity contribution in [2.45, 2.75) is 35.7 Å². The quantitative estimate of drug-likeness (QED) is 0.872. The summed E-state index contributed by atoms with van der Waals surface area (Å²) >= 11 is 0. The number of sulfone groups is 1. The van der Waals surface area contributed by atoms with Gasteiger partial charge in [-0.3, -0.25) is 0 Å². The molecule has 0 saturated heterocycles. The van der Waals surface area contributed by atoms with Crippen LogP contribution in [-0.2, 0) is 9.84 Å². The number of alkyl halides is 3. The SMILES string of the molecule is CC1(Nc2ccc(F)cc2S(=O)(=O)C(F)(F)F)CC1. The van der Waals surface area contributed by atoms with Crippen molar-refractivity contribution < 1.29 is 26.0 Å². The molecule has 3 nitrogen and oxygen atoms in total. The van der Waals surface area contributed by atoms with Crippen LogP contribution in [0.4, 0.5) is 23.2 Å². The van der Waals surface area contributed by atoms with Crippen LogP contribution < -0.4 is 5.32 Å². The first kappa shape index (κ1) is 14.1. The van der Waals surface area contributed by atoms with Gasteiger partial charge in [-0.1, -0.05) is 0 Å². The molecule has 1 fully saturated rings. The minimum atomic E-state index is -5.58. The molecule has 1 saturated carbocycles. The van der Waals surface area contributed by atoms with Gasteiger partial charge in [0.2, 0.25) is 0 Å². The fourth-order valence-electron chi connectivity index (χ4n) is 1.58. The molecule has 0 bridgehead atoms. The molecule has 0 atom stereocenters. The van der Waals surface area contributed by atoms with E-state index >= 15 is 0 Å². The standard InChI is InChI=1S/C11H11F4NO2S/c1-10(4-5-10)16-8-3-2-7(12)6-9(8)19(17,18)11(13,14)15/h2-3,6,16H,4-5H2,1H3. The molecule has 1 N–H and O–H groups in total. The van der Waals surface area contributed by atoms with Crippen LogP contribution in [0.1, 0.15) is 19.8 Å². The average molecular weight is 297 g/mol. The molecule has 19 heavy (non-hydrogen) atoms. The monoisotopic (exact) mass is 297 g/mol. The van der Waals surface area contributed by atoms with Crippen molar-refractivity contribution in [1.82, 2.24) is 0 Å². The Labute approximate surface area is 107 Å². The van der Waals surface area contributed by atoms with Crippen molar-refractivity contribution in [2.24, 2.45) is 0 Å². The van der Waals surface area contributed by atoms with Crippen molar-refractivity contribution in [3.8, 4) is 0 Å². The molecule has 2 rings (SSSR count). The second kappa shape index (κ2) is 4.09. The third kappa shape index (κ3) is 2.68. The van der Waals surface area contributed by atoms with Crippen LogP contribution in [-0.4, -0.2) is 19.5 Å². The van der Waals surface area contributed by atoms with Crippen LogP contribution in [0.15, 0.2) is 23.1 Å². The van der Waals surface area contributed by atoms with E-state index in [0.717, 1.165) is 25.0 Å². The third-order valence-corrected chi connectivity index (χ3v) is 4.50. The second-order valence-electron chi connectivity index (χ2n) is 4.78. The number of rotatable bonds is 3. The Morgan fingerprint density at radius 2 is 1.84 bits per heavy atom. The van der Waals surface area contributed by atoms with Crippen LogP contribution in [0.3, 0.4) is 0 Å². The van der Waals surface area contributed by atoms with Gasteiger partial charge in [0, 0.05) is 5.54 Å². The van der Waals surface area contributed by atoms with Crippen molar-refractivity contribution in [1.29, 1.82) is 0 Å². The highest BCUT2D eigenvalue weighted by Gasteiger charge is 2.49. The van der Waals surface area contributed by atoms with E-state index in [1.807, 2.05) is 0 Å². The number of benzene rings is 1. The highest BCUT2D eigenvalue weighted by Crippen LogP contribution is 2.41. The van der Waals surface area contributed by atoms with Crippen LogP contribution >= 0.6 is 0 Å². The van der Waals surface area contributed by atoms with Gasteiger partial charge in [0.15, 0.2) is 0 Å². The topological polar surface area (TPSA) is 46.2 Å². The van der Waals surface area contributed by atoms with Crippen LogP contribution in [0.25, 0.3) is 0 Å². The first-order chi connectivity index (χ1) is 8.55. The number of hydrogen-bond donors (Lipinski definition) is 1. The summed E-state index contributed by atoms with van der Waals surface area (Å²) in [5.41, 5.74) is -6.10. The summed E-state index contributed by atoms with van der Waals surface area (Å²) in [6, 6.07) is 2.32. The molecule has 1 aromatic rings. The van der Waals surface area contributed by atoms with E-state index in [1.54, 1.807) is 6.92 Å². The molecule has 0 heterocycles. The normalized spacial score (nSPS) is 18.2. The van der Waals surface area contributed by atoms with E-state index in [9.17, 15) is 26.0 Å². The smallest absolute Gasteiger partial charge is 0.379 e. The minimum Gasteiger partial charge on any atom is -0.379 e. The zero-order chi connectivity index (χ0) is 14.5. The Morgan fingerprint density at radius 1 is 1.26 bits per heavy atom. The number of anilines is 1. The summed E-state index contributed by atoms with van der Waals surface area (Å²) in [6.45, 7) is 1.75. The van der Waals surface area contributed by atoms with Gasteiger partial charge in [0.25, 0.3) is 9.84 Å². The van der Waals surface area contributed by atoms with E-state index in [2.05, 4.69) is 5.32 Å². The highest BCUT2D eigenvalue weighted by molar-refractivity contribution is 7.92. The maximum Gasteiger partial charge on any atom is 0.501 e. The average Bonchev–Trinajstić information content (AvgIpc) is 2.97. The molecule has 8 heteroatoms. The molecular formula is C11H11F4NO2S. The lowest BCUT2D eigenvalue weighted by molar-refractivity contribution is -0.0435. The molecule has 0 aromatic heterocycles. The fraction of sp³-hybridized carbons (Fsp3) is 0.455. The molecule has 106 valence electrons. The first-order valence-corrected chi connectivity index (χ1v) is 6.93. The zero-order valence-corrected chi connectivity index (χ0v) is 10.7. The first-order valence-electron chi connectivity index (χ1n) is 5.44. The van der Waals surface area contributed by atoms with Crippen LogP contribution in [0, 0.1) is 5.82 Å². The van der Waals surface area contributed by atoms with Crippen molar-refractivity contribution in [3.63, 3.8) is 0 Å². The largest absolute Gasteiger partial charge is 0.501 e.